The highest BCUT2D eigenvalue weighted by Crippen LogP contribution is 2.20. The van der Waals surface area contributed by atoms with E-state index in [4.69, 9.17) is 4.42 Å². The predicted octanol–water partition coefficient (Wildman–Crippen LogP) is 2.44. The second-order valence-electron chi connectivity index (χ2n) is 5.39. The highest BCUT2D eigenvalue weighted by atomic mass is 16.3. The van der Waals surface area contributed by atoms with Gasteiger partial charge in [-0.2, -0.15) is 0 Å². The van der Waals surface area contributed by atoms with Crippen molar-refractivity contribution >= 4 is 0 Å². The van der Waals surface area contributed by atoms with Crippen molar-refractivity contribution in [3.8, 4) is 11.5 Å². The van der Waals surface area contributed by atoms with Gasteiger partial charge in [0.15, 0.2) is 0 Å². The van der Waals surface area contributed by atoms with Gasteiger partial charge in [-0.3, -0.25) is 4.90 Å². The molecule has 1 aromatic heterocycles. The minimum atomic E-state index is 0.638. The first-order chi connectivity index (χ1) is 9.76. The minimum Gasteiger partial charge on any atom is -0.444 e. The lowest BCUT2D eigenvalue weighted by molar-refractivity contribution is 0.143. The van der Waals surface area contributed by atoms with E-state index in [1.54, 1.807) is 6.26 Å². The molecular weight excluding hydrogens is 250 g/mol. The third kappa shape index (κ3) is 2.76. The van der Waals surface area contributed by atoms with Gasteiger partial charge < -0.3 is 9.73 Å². The Balaban J connectivity index is 1.71. The number of hydrogen-bond acceptors (Lipinski definition) is 4. The molecule has 0 aliphatic carbocycles. The number of likely N-dealkylation sites (N-methyl/N-ethyl adjacent to an activating group) is 1. The summed E-state index contributed by atoms with van der Waals surface area (Å²) in [5.74, 6) is 0.711. The number of nitrogens with zero attached hydrogens (tertiary/aromatic N) is 2. The smallest absolute Gasteiger partial charge is 0.226 e. The maximum atomic E-state index is 5.61. The number of nitrogens with one attached hydrogen (secondary N) is 1. The van der Waals surface area contributed by atoms with E-state index < -0.39 is 0 Å². The summed E-state index contributed by atoms with van der Waals surface area (Å²) in [5, 5.41) is 3.31. The van der Waals surface area contributed by atoms with Crippen LogP contribution in [0.15, 0.2) is 34.9 Å². The van der Waals surface area contributed by atoms with Gasteiger partial charge in [0, 0.05) is 31.2 Å². The van der Waals surface area contributed by atoms with Crippen LogP contribution in [0.25, 0.3) is 11.5 Å². The van der Waals surface area contributed by atoms with E-state index in [1.807, 2.05) is 0 Å². The van der Waals surface area contributed by atoms with E-state index in [2.05, 4.69) is 53.3 Å². The Bertz CT molecular complexity index is 557. The number of aromatic nitrogens is 1. The SMILES string of the molecule is CCN(Cc1coc(-c2ccc(C)cc2)n1)C1CNC1. The number of benzene rings is 1. The zero-order valence-corrected chi connectivity index (χ0v) is 12.1. The normalized spacial score (nSPS) is 15.6. The molecule has 0 amide bonds. The molecule has 106 valence electrons. The molecule has 20 heavy (non-hydrogen) atoms. The van der Waals surface area contributed by atoms with Crippen molar-refractivity contribution in [2.45, 2.75) is 26.4 Å². The molecule has 4 nitrogen and oxygen atoms in total. The summed E-state index contributed by atoms with van der Waals surface area (Å²) < 4.78 is 5.61. The summed E-state index contributed by atoms with van der Waals surface area (Å²) in [5.41, 5.74) is 3.29. The van der Waals surface area contributed by atoms with Crippen molar-refractivity contribution in [1.82, 2.24) is 15.2 Å². The first kappa shape index (κ1) is 13.3. The molecule has 1 fully saturated rings. The standard InChI is InChI=1S/C16H21N3O/c1-3-19(15-8-17-9-15)10-14-11-20-16(18-14)13-6-4-12(2)5-7-13/h4-7,11,15,17H,3,8-10H2,1-2H3. The van der Waals surface area contributed by atoms with Gasteiger partial charge >= 0.3 is 0 Å². The average molecular weight is 271 g/mol. The third-order valence-corrected chi connectivity index (χ3v) is 3.90. The van der Waals surface area contributed by atoms with Crippen molar-refractivity contribution in [3.63, 3.8) is 0 Å². The summed E-state index contributed by atoms with van der Waals surface area (Å²) in [6.07, 6.45) is 1.78. The van der Waals surface area contributed by atoms with Crippen LogP contribution < -0.4 is 5.32 Å². The quantitative estimate of drug-likeness (QED) is 0.907. The lowest BCUT2D eigenvalue weighted by Gasteiger charge is -2.37. The lowest BCUT2D eigenvalue weighted by Crippen LogP contribution is -2.56. The molecular formula is C16H21N3O. The summed E-state index contributed by atoms with van der Waals surface area (Å²) in [7, 11) is 0. The van der Waals surface area contributed by atoms with Crippen LogP contribution >= 0.6 is 0 Å². The monoisotopic (exact) mass is 271 g/mol. The van der Waals surface area contributed by atoms with Crippen LogP contribution in [0.4, 0.5) is 0 Å². The van der Waals surface area contributed by atoms with Crippen molar-refractivity contribution in [2.24, 2.45) is 0 Å². The molecule has 0 radical (unpaired) electrons. The van der Waals surface area contributed by atoms with E-state index >= 15 is 0 Å². The summed E-state index contributed by atoms with van der Waals surface area (Å²) in [4.78, 5) is 7.05. The molecule has 3 rings (SSSR count). The largest absolute Gasteiger partial charge is 0.444 e. The van der Waals surface area contributed by atoms with E-state index in [1.165, 1.54) is 5.56 Å². The Morgan fingerprint density at radius 1 is 1.30 bits per heavy atom. The Morgan fingerprint density at radius 3 is 2.65 bits per heavy atom. The first-order valence-electron chi connectivity index (χ1n) is 7.22. The highest BCUT2D eigenvalue weighted by Gasteiger charge is 2.24. The maximum absolute atomic E-state index is 5.61. The fourth-order valence-corrected chi connectivity index (χ4v) is 2.45. The van der Waals surface area contributed by atoms with Crippen LogP contribution in [0.2, 0.25) is 0 Å². The molecule has 2 heterocycles. The van der Waals surface area contributed by atoms with Crippen molar-refractivity contribution in [3.05, 3.63) is 41.8 Å². The van der Waals surface area contributed by atoms with Crippen LogP contribution in [0.1, 0.15) is 18.2 Å². The van der Waals surface area contributed by atoms with Gasteiger partial charge in [-0.1, -0.05) is 24.6 Å². The third-order valence-electron chi connectivity index (χ3n) is 3.90. The average Bonchev–Trinajstić information content (AvgIpc) is 2.85. The molecule has 0 saturated carbocycles. The Morgan fingerprint density at radius 2 is 2.05 bits per heavy atom. The van der Waals surface area contributed by atoms with Crippen LogP contribution in [0.3, 0.4) is 0 Å². The molecule has 2 aromatic rings. The van der Waals surface area contributed by atoms with Gasteiger partial charge in [0.25, 0.3) is 0 Å². The van der Waals surface area contributed by atoms with Gasteiger partial charge in [0.05, 0.1) is 5.69 Å². The first-order valence-corrected chi connectivity index (χ1v) is 7.22. The summed E-state index contributed by atoms with van der Waals surface area (Å²) in [6, 6.07) is 8.91. The van der Waals surface area contributed by atoms with Gasteiger partial charge in [-0.25, -0.2) is 4.98 Å². The molecule has 0 atom stereocenters. The summed E-state index contributed by atoms with van der Waals surface area (Å²) >= 11 is 0. The number of hydrogen-bond donors (Lipinski definition) is 1. The second-order valence-corrected chi connectivity index (χ2v) is 5.39. The zero-order chi connectivity index (χ0) is 13.9. The van der Waals surface area contributed by atoms with Crippen LogP contribution in [0, 0.1) is 6.92 Å². The van der Waals surface area contributed by atoms with Gasteiger partial charge in [0.1, 0.15) is 6.26 Å². The summed E-state index contributed by atoms with van der Waals surface area (Å²) in [6.45, 7) is 8.33. The van der Waals surface area contributed by atoms with Gasteiger partial charge in [0.2, 0.25) is 5.89 Å². The Labute approximate surface area is 119 Å². The van der Waals surface area contributed by atoms with E-state index in [9.17, 15) is 0 Å². The number of rotatable bonds is 5. The topological polar surface area (TPSA) is 41.3 Å². The number of aryl methyl sites for hydroxylation is 1. The van der Waals surface area contributed by atoms with E-state index in [-0.39, 0.29) is 0 Å². The Kier molecular flexibility index (Phi) is 3.85. The van der Waals surface area contributed by atoms with Crippen LogP contribution in [-0.2, 0) is 6.54 Å². The van der Waals surface area contributed by atoms with Crippen LogP contribution in [-0.4, -0.2) is 35.6 Å². The van der Waals surface area contributed by atoms with Gasteiger partial charge in [-0.05, 0) is 25.6 Å². The fourth-order valence-electron chi connectivity index (χ4n) is 2.45. The number of oxazole rings is 1. The maximum Gasteiger partial charge on any atom is 0.226 e. The van der Waals surface area contributed by atoms with Crippen molar-refractivity contribution in [1.29, 1.82) is 0 Å². The minimum absolute atomic E-state index is 0.638. The van der Waals surface area contributed by atoms with Crippen molar-refractivity contribution in [2.75, 3.05) is 19.6 Å². The molecule has 4 heteroatoms. The second kappa shape index (κ2) is 5.77. The lowest BCUT2D eigenvalue weighted by atomic mass is 10.1. The molecule has 1 N–H and O–H groups in total. The highest BCUT2D eigenvalue weighted by molar-refractivity contribution is 5.53. The molecule has 1 saturated heterocycles. The molecule has 1 aromatic carbocycles. The Hall–Kier alpha value is -1.65. The van der Waals surface area contributed by atoms with Crippen LogP contribution in [0.5, 0.6) is 0 Å². The molecule has 1 aliphatic rings. The molecule has 1 aliphatic heterocycles. The predicted molar refractivity (Wildman–Crippen MR) is 79.4 cm³/mol. The van der Waals surface area contributed by atoms with Gasteiger partial charge in [-0.15, -0.1) is 0 Å². The molecule has 0 spiro atoms. The molecule has 0 unspecified atom stereocenters. The molecule has 0 bridgehead atoms. The van der Waals surface area contributed by atoms with E-state index in [0.717, 1.165) is 37.4 Å². The fraction of sp³-hybridized carbons (Fsp3) is 0.438. The van der Waals surface area contributed by atoms with E-state index in [0.29, 0.717) is 11.9 Å². The zero-order valence-electron chi connectivity index (χ0n) is 12.1. The van der Waals surface area contributed by atoms with Crippen molar-refractivity contribution < 1.29 is 4.42 Å².